The molecule has 1 atom stereocenters. The molecule has 0 radical (unpaired) electrons. The van der Waals surface area contributed by atoms with Crippen LogP contribution in [-0.4, -0.2) is 41.2 Å². The Bertz CT molecular complexity index is 607. The molecule has 0 aliphatic rings. The van der Waals surface area contributed by atoms with E-state index in [4.69, 9.17) is 0 Å². The number of aliphatic hydroxyl groups excluding tert-OH is 2. The van der Waals surface area contributed by atoms with Gasteiger partial charge in [-0.3, -0.25) is 9.59 Å². The normalized spacial score (nSPS) is 12.2. The summed E-state index contributed by atoms with van der Waals surface area (Å²) >= 11 is 0. The summed E-state index contributed by atoms with van der Waals surface area (Å²) in [5.41, 5.74) is 0. The molecule has 0 saturated heterocycles. The molecule has 0 aliphatic heterocycles. The molecule has 44 heavy (non-hydrogen) atoms. The van der Waals surface area contributed by atoms with Gasteiger partial charge in [-0.15, -0.1) is 0 Å². The van der Waals surface area contributed by atoms with Crippen LogP contribution in [0.4, 0.5) is 0 Å². The molecule has 0 aromatic rings. The molecular weight excluding hydrogens is 546 g/mol. The summed E-state index contributed by atoms with van der Waals surface area (Å²) < 4.78 is 0. The number of hydrogen-bond donors (Lipinski definition) is 3. The van der Waals surface area contributed by atoms with Crippen LogP contribution in [-0.2, 0) is 9.59 Å². The average Bonchev–Trinajstić information content (AvgIpc) is 3.03. The van der Waals surface area contributed by atoms with Crippen LogP contribution in [0.1, 0.15) is 213 Å². The highest BCUT2D eigenvalue weighted by atomic mass is 16.3. The van der Waals surface area contributed by atoms with Gasteiger partial charge in [-0.05, 0) is 12.8 Å². The van der Waals surface area contributed by atoms with E-state index in [1.165, 1.54) is 148 Å². The number of ketones is 1. The van der Waals surface area contributed by atoms with Crippen molar-refractivity contribution in [2.45, 2.75) is 219 Å². The lowest BCUT2D eigenvalue weighted by molar-refractivity contribution is -0.135. The molecule has 0 saturated carbocycles. The minimum absolute atomic E-state index is 0.0292. The zero-order valence-electron chi connectivity index (χ0n) is 29.7. The van der Waals surface area contributed by atoms with E-state index in [2.05, 4.69) is 19.2 Å². The van der Waals surface area contributed by atoms with Gasteiger partial charge in [0, 0.05) is 6.42 Å². The van der Waals surface area contributed by atoms with Crippen LogP contribution < -0.4 is 5.32 Å². The summed E-state index contributed by atoms with van der Waals surface area (Å²) in [4.78, 5) is 25.9. The average molecular weight is 624 g/mol. The predicted octanol–water partition coefficient (Wildman–Crippen LogP) is 10.8. The van der Waals surface area contributed by atoms with E-state index in [9.17, 15) is 19.8 Å². The highest BCUT2D eigenvalue weighted by Gasteiger charge is 2.27. The maximum Gasteiger partial charge on any atom is 0.230 e. The van der Waals surface area contributed by atoms with Crippen LogP contribution in [0.5, 0.6) is 0 Å². The van der Waals surface area contributed by atoms with E-state index in [0.29, 0.717) is 12.8 Å². The van der Waals surface area contributed by atoms with E-state index < -0.39 is 12.0 Å². The molecule has 0 aromatic carbocycles. The summed E-state index contributed by atoms with van der Waals surface area (Å²) in [5, 5.41) is 21.5. The molecule has 0 heterocycles. The third-order valence-corrected chi connectivity index (χ3v) is 9.37. The van der Waals surface area contributed by atoms with Crippen molar-refractivity contribution in [1.29, 1.82) is 0 Å². The van der Waals surface area contributed by atoms with E-state index in [0.717, 1.165) is 38.5 Å². The second-order valence-electron chi connectivity index (χ2n) is 13.7. The first-order chi connectivity index (χ1) is 21.6. The fourth-order valence-corrected chi connectivity index (χ4v) is 6.28. The highest BCUT2D eigenvalue weighted by Crippen LogP contribution is 2.19. The Balaban J connectivity index is 4.03. The number of nitrogens with one attached hydrogen (secondary N) is 1. The van der Waals surface area contributed by atoms with Crippen molar-refractivity contribution >= 4 is 11.7 Å². The maximum absolute atomic E-state index is 13.1. The van der Waals surface area contributed by atoms with Crippen molar-refractivity contribution < 1.29 is 19.8 Å². The second kappa shape index (κ2) is 34.9. The first-order valence-corrected chi connectivity index (χ1v) is 19.6. The molecule has 5 heteroatoms. The minimum Gasteiger partial charge on any atom is -0.394 e. The van der Waals surface area contributed by atoms with Gasteiger partial charge in [-0.1, -0.05) is 194 Å². The zero-order chi connectivity index (χ0) is 32.4. The lowest BCUT2D eigenvalue weighted by Gasteiger charge is -2.19. The van der Waals surface area contributed by atoms with Crippen molar-refractivity contribution in [3.8, 4) is 0 Å². The van der Waals surface area contributed by atoms with E-state index in [-0.39, 0.29) is 24.9 Å². The molecule has 1 amide bonds. The number of rotatable bonds is 36. The minimum atomic E-state index is -0.695. The van der Waals surface area contributed by atoms with E-state index >= 15 is 0 Å². The fraction of sp³-hybridized carbons (Fsp3) is 0.949. The van der Waals surface area contributed by atoms with E-state index in [1.54, 1.807) is 0 Å². The molecule has 0 aromatic heterocycles. The zero-order valence-corrected chi connectivity index (χ0v) is 29.7. The monoisotopic (exact) mass is 624 g/mol. The second-order valence-corrected chi connectivity index (χ2v) is 13.7. The number of amides is 1. The Hall–Kier alpha value is -0.940. The molecule has 0 rings (SSSR count). The smallest absolute Gasteiger partial charge is 0.230 e. The van der Waals surface area contributed by atoms with Crippen molar-refractivity contribution in [2.24, 2.45) is 5.92 Å². The lowest BCUT2D eigenvalue weighted by Crippen LogP contribution is -2.45. The molecule has 0 bridgehead atoms. The fourth-order valence-electron chi connectivity index (χ4n) is 6.28. The highest BCUT2D eigenvalue weighted by molar-refractivity contribution is 6.01. The summed E-state index contributed by atoms with van der Waals surface area (Å²) in [6.07, 6.45) is 38.3. The number of carbonyl (C=O) groups excluding carboxylic acids is 2. The Morgan fingerprint density at radius 2 is 0.750 bits per heavy atom. The molecule has 262 valence electrons. The molecule has 1 unspecified atom stereocenters. The van der Waals surface area contributed by atoms with Crippen LogP contribution >= 0.6 is 0 Å². The third kappa shape index (κ3) is 28.5. The third-order valence-electron chi connectivity index (χ3n) is 9.37. The number of hydrogen-bond acceptors (Lipinski definition) is 4. The number of Topliss-reactive ketones (excluding diaryl/α,β-unsaturated/α-hetero) is 1. The van der Waals surface area contributed by atoms with Gasteiger partial charge in [-0.2, -0.15) is 0 Å². The van der Waals surface area contributed by atoms with Crippen LogP contribution in [0.3, 0.4) is 0 Å². The molecule has 3 N–H and O–H groups in total. The maximum atomic E-state index is 13.1. The standard InChI is InChI=1S/C39H77NO4/c1-3-5-7-9-11-13-15-17-19-21-23-25-27-29-31-33-38(43)37(39(44)40-36(34-41)35-42)32-30-28-26-24-22-20-18-16-14-12-10-8-6-4-2/h36-37,41-42H,3-35H2,1-2H3,(H,40,44). The summed E-state index contributed by atoms with van der Waals surface area (Å²) in [7, 11) is 0. The number of unbranched alkanes of at least 4 members (excludes halogenated alkanes) is 27. The van der Waals surface area contributed by atoms with Crippen LogP contribution in [0, 0.1) is 5.92 Å². The van der Waals surface area contributed by atoms with Crippen molar-refractivity contribution in [1.82, 2.24) is 5.32 Å². The number of carbonyl (C=O) groups is 2. The van der Waals surface area contributed by atoms with Crippen molar-refractivity contribution in [2.75, 3.05) is 13.2 Å². The quantitative estimate of drug-likeness (QED) is 0.0479. The SMILES string of the molecule is CCCCCCCCCCCCCCCCCC(=O)C(CCCCCCCCCCCCCCCC)C(=O)NC(CO)CO. The van der Waals surface area contributed by atoms with Gasteiger partial charge in [0.05, 0.1) is 25.2 Å². The van der Waals surface area contributed by atoms with Gasteiger partial charge >= 0.3 is 0 Å². The Kier molecular flexibility index (Phi) is 34.2. The molecular formula is C39H77NO4. The molecule has 0 aliphatic carbocycles. The van der Waals surface area contributed by atoms with Crippen molar-refractivity contribution in [3.63, 3.8) is 0 Å². The first kappa shape index (κ1) is 43.1. The largest absolute Gasteiger partial charge is 0.394 e. The first-order valence-electron chi connectivity index (χ1n) is 19.6. The summed E-state index contributed by atoms with van der Waals surface area (Å²) in [6.45, 7) is 3.90. The molecule has 0 fully saturated rings. The molecule has 0 spiro atoms. The Morgan fingerprint density at radius 3 is 1.07 bits per heavy atom. The molecule has 5 nitrogen and oxygen atoms in total. The van der Waals surface area contributed by atoms with E-state index in [1.807, 2.05) is 0 Å². The topological polar surface area (TPSA) is 86.6 Å². The van der Waals surface area contributed by atoms with Gasteiger partial charge in [0.25, 0.3) is 0 Å². The Morgan fingerprint density at radius 1 is 0.455 bits per heavy atom. The van der Waals surface area contributed by atoms with Gasteiger partial charge in [0.1, 0.15) is 5.78 Å². The van der Waals surface area contributed by atoms with Gasteiger partial charge < -0.3 is 15.5 Å². The summed E-state index contributed by atoms with van der Waals surface area (Å²) in [6, 6.07) is -0.695. The lowest BCUT2D eigenvalue weighted by atomic mass is 9.91. The predicted molar refractivity (Wildman–Crippen MR) is 189 cm³/mol. The van der Waals surface area contributed by atoms with Crippen LogP contribution in [0.15, 0.2) is 0 Å². The Labute approximate surface area is 274 Å². The van der Waals surface area contributed by atoms with Crippen LogP contribution in [0.2, 0.25) is 0 Å². The van der Waals surface area contributed by atoms with Crippen molar-refractivity contribution in [3.05, 3.63) is 0 Å². The van der Waals surface area contributed by atoms with Gasteiger partial charge in [0.2, 0.25) is 5.91 Å². The van der Waals surface area contributed by atoms with Crippen LogP contribution in [0.25, 0.3) is 0 Å². The van der Waals surface area contributed by atoms with Gasteiger partial charge in [-0.25, -0.2) is 0 Å². The van der Waals surface area contributed by atoms with Gasteiger partial charge in [0.15, 0.2) is 0 Å². The number of aliphatic hydroxyl groups is 2. The summed E-state index contributed by atoms with van der Waals surface area (Å²) in [5.74, 6) is -0.945.